The van der Waals surface area contributed by atoms with E-state index < -0.39 is 0 Å². The van der Waals surface area contributed by atoms with Gasteiger partial charge in [-0.15, -0.1) is 0 Å². The molecule has 0 aromatic carbocycles. The first-order valence-corrected chi connectivity index (χ1v) is 4.90. The molecule has 1 fully saturated rings. The number of rotatable bonds is 4. The van der Waals surface area contributed by atoms with Crippen LogP contribution in [-0.2, 0) is 0 Å². The zero-order valence-electron chi connectivity index (χ0n) is 6.07. The van der Waals surface area contributed by atoms with E-state index in [0.29, 0.717) is 0 Å². The highest BCUT2D eigenvalue weighted by molar-refractivity contribution is 9.09. The van der Waals surface area contributed by atoms with Crippen LogP contribution in [0.5, 0.6) is 0 Å². The molecule has 1 aliphatic carbocycles. The Bertz CT molecular complexity index is 80.6. The highest BCUT2D eigenvalue weighted by Crippen LogP contribution is 2.41. The van der Waals surface area contributed by atoms with Crippen molar-refractivity contribution < 1.29 is 0 Å². The van der Waals surface area contributed by atoms with Crippen molar-refractivity contribution in [1.29, 1.82) is 0 Å². The Balaban J connectivity index is 1.83. The van der Waals surface area contributed by atoms with Gasteiger partial charge in [-0.2, -0.15) is 0 Å². The number of alkyl halides is 1. The summed E-state index contributed by atoms with van der Waals surface area (Å²) in [5, 5.41) is 0. The molecule has 0 aliphatic heterocycles. The Kier molecular flexibility index (Phi) is 3.03. The van der Waals surface area contributed by atoms with Gasteiger partial charge in [-0.05, 0) is 18.8 Å². The standard InChI is InChI=1S/C8H15Br/c1-2-3-4-5-7-6-8(7)9/h7-8H,2-6H2,1H3. The van der Waals surface area contributed by atoms with Crippen LogP contribution in [0.25, 0.3) is 0 Å². The van der Waals surface area contributed by atoms with Gasteiger partial charge in [-0.3, -0.25) is 0 Å². The largest absolute Gasteiger partial charge is 0.0888 e. The molecule has 0 aromatic rings. The molecule has 1 heteroatoms. The summed E-state index contributed by atoms with van der Waals surface area (Å²) in [4.78, 5) is 0.884. The van der Waals surface area contributed by atoms with Gasteiger partial charge in [0, 0.05) is 4.83 Å². The topological polar surface area (TPSA) is 0 Å². The maximum atomic E-state index is 3.60. The smallest absolute Gasteiger partial charge is 0.0177 e. The molecule has 0 saturated heterocycles. The Labute approximate surface area is 66.2 Å². The van der Waals surface area contributed by atoms with Crippen molar-refractivity contribution in [2.45, 2.75) is 43.9 Å². The van der Waals surface area contributed by atoms with E-state index in [-0.39, 0.29) is 0 Å². The molecule has 2 unspecified atom stereocenters. The summed E-state index contributed by atoms with van der Waals surface area (Å²) in [6.07, 6.45) is 7.13. The molecule has 1 aliphatic rings. The summed E-state index contributed by atoms with van der Waals surface area (Å²) < 4.78 is 0. The van der Waals surface area contributed by atoms with E-state index in [1.54, 1.807) is 0 Å². The second kappa shape index (κ2) is 3.60. The SMILES string of the molecule is CCCCCC1CC1Br. The van der Waals surface area contributed by atoms with Crippen molar-refractivity contribution in [2.75, 3.05) is 0 Å². The van der Waals surface area contributed by atoms with Crippen LogP contribution in [0.1, 0.15) is 39.0 Å². The number of unbranched alkanes of at least 4 members (excludes halogenated alkanes) is 2. The Morgan fingerprint density at radius 1 is 1.44 bits per heavy atom. The molecule has 2 atom stereocenters. The Morgan fingerprint density at radius 2 is 2.11 bits per heavy atom. The van der Waals surface area contributed by atoms with Crippen LogP contribution in [0.2, 0.25) is 0 Å². The molecule has 1 saturated carbocycles. The van der Waals surface area contributed by atoms with E-state index in [2.05, 4.69) is 22.9 Å². The number of halogens is 1. The summed E-state index contributed by atoms with van der Waals surface area (Å²) in [6.45, 7) is 2.26. The van der Waals surface area contributed by atoms with Crippen LogP contribution in [0, 0.1) is 5.92 Å². The monoisotopic (exact) mass is 190 g/mol. The van der Waals surface area contributed by atoms with Crippen molar-refractivity contribution in [1.82, 2.24) is 0 Å². The van der Waals surface area contributed by atoms with Crippen LogP contribution in [-0.4, -0.2) is 4.83 Å². The maximum absolute atomic E-state index is 3.60. The van der Waals surface area contributed by atoms with Gasteiger partial charge in [0.1, 0.15) is 0 Å². The third-order valence-electron chi connectivity index (χ3n) is 2.01. The predicted molar refractivity (Wildman–Crippen MR) is 45.0 cm³/mol. The molecule has 0 nitrogen and oxygen atoms in total. The van der Waals surface area contributed by atoms with E-state index in [4.69, 9.17) is 0 Å². The van der Waals surface area contributed by atoms with Gasteiger partial charge < -0.3 is 0 Å². The quantitative estimate of drug-likeness (QED) is 0.472. The summed E-state index contributed by atoms with van der Waals surface area (Å²) in [7, 11) is 0. The van der Waals surface area contributed by atoms with Crippen LogP contribution in [0.15, 0.2) is 0 Å². The fourth-order valence-corrected chi connectivity index (χ4v) is 1.91. The minimum Gasteiger partial charge on any atom is -0.0888 e. The van der Waals surface area contributed by atoms with E-state index in [9.17, 15) is 0 Å². The van der Waals surface area contributed by atoms with E-state index in [1.165, 1.54) is 32.1 Å². The van der Waals surface area contributed by atoms with Gasteiger partial charge in [-0.1, -0.05) is 42.1 Å². The summed E-state index contributed by atoms with van der Waals surface area (Å²) >= 11 is 3.60. The molecule has 0 N–H and O–H groups in total. The van der Waals surface area contributed by atoms with Gasteiger partial charge in [0.15, 0.2) is 0 Å². The van der Waals surface area contributed by atoms with Crippen LogP contribution in [0.4, 0.5) is 0 Å². The molecule has 0 radical (unpaired) electrons. The van der Waals surface area contributed by atoms with Gasteiger partial charge >= 0.3 is 0 Å². The first-order valence-electron chi connectivity index (χ1n) is 3.98. The van der Waals surface area contributed by atoms with E-state index in [1.807, 2.05) is 0 Å². The number of hydrogen-bond donors (Lipinski definition) is 0. The highest BCUT2D eigenvalue weighted by Gasteiger charge is 2.33. The van der Waals surface area contributed by atoms with E-state index >= 15 is 0 Å². The fraction of sp³-hybridized carbons (Fsp3) is 1.00. The summed E-state index contributed by atoms with van der Waals surface area (Å²) in [5.74, 6) is 1.04. The Hall–Kier alpha value is 0.480. The molecule has 0 bridgehead atoms. The Morgan fingerprint density at radius 3 is 2.56 bits per heavy atom. The third-order valence-corrected chi connectivity index (χ3v) is 3.14. The molecule has 0 spiro atoms. The minimum atomic E-state index is 0.884. The van der Waals surface area contributed by atoms with Crippen molar-refractivity contribution in [3.63, 3.8) is 0 Å². The average molecular weight is 191 g/mol. The first-order chi connectivity index (χ1) is 4.34. The van der Waals surface area contributed by atoms with Crippen LogP contribution >= 0.6 is 15.9 Å². The molecular weight excluding hydrogens is 176 g/mol. The van der Waals surface area contributed by atoms with Crippen molar-refractivity contribution in [3.05, 3.63) is 0 Å². The lowest BCUT2D eigenvalue weighted by atomic mass is 10.1. The van der Waals surface area contributed by atoms with Crippen molar-refractivity contribution in [2.24, 2.45) is 5.92 Å². The molecule has 54 valence electrons. The van der Waals surface area contributed by atoms with Crippen molar-refractivity contribution in [3.8, 4) is 0 Å². The lowest BCUT2D eigenvalue weighted by Crippen LogP contribution is -1.80. The molecule has 0 heterocycles. The molecule has 0 aromatic heterocycles. The minimum absolute atomic E-state index is 0.884. The molecular formula is C8H15Br. The zero-order chi connectivity index (χ0) is 6.69. The zero-order valence-corrected chi connectivity index (χ0v) is 7.65. The lowest BCUT2D eigenvalue weighted by Gasteiger charge is -1.93. The fourth-order valence-electron chi connectivity index (χ4n) is 1.17. The predicted octanol–water partition coefficient (Wildman–Crippen LogP) is 3.35. The van der Waals surface area contributed by atoms with Gasteiger partial charge in [0.25, 0.3) is 0 Å². The van der Waals surface area contributed by atoms with Crippen LogP contribution < -0.4 is 0 Å². The first kappa shape index (κ1) is 7.59. The molecule has 9 heavy (non-hydrogen) atoms. The lowest BCUT2D eigenvalue weighted by molar-refractivity contribution is 0.623. The highest BCUT2D eigenvalue weighted by atomic mass is 79.9. The molecule has 0 amide bonds. The van der Waals surface area contributed by atoms with Crippen molar-refractivity contribution >= 4 is 15.9 Å². The second-order valence-electron chi connectivity index (χ2n) is 3.01. The summed E-state index contributed by atoms with van der Waals surface area (Å²) in [5.41, 5.74) is 0. The third kappa shape index (κ3) is 2.70. The number of hydrogen-bond acceptors (Lipinski definition) is 0. The second-order valence-corrected chi connectivity index (χ2v) is 4.18. The summed E-state index contributed by atoms with van der Waals surface area (Å²) in [6, 6.07) is 0. The van der Waals surface area contributed by atoms with Gasteiger partial charge in [-0.25, -0.2) is 0 Å². The van der Waals surface area contributed by atoms with E-state index in [0.717, 1.165) is 10.7 Å². The van der Waals surface area contributed by atoms with Crippen LogP contribution in [0.3, 0.4) is 0 Å². The molecule has 1 rings (SSSR count). The maximum Gasteiger partial charge on any atom is 0.0177 e. The average Bonchev–Trinajstić information content (AvgIpc) is 2.48. The van der Waals surface area contributed by atoms with Gasteiger partial charge in [0.05, 0.1) is 0 Å². The van der Waals surface area contributed by atoms with Gasteiger partial charge in [0.2, 0.25) is 0 Å². The normalized spacial score (nSPS) is 32.7.